The Labute approximate surface area is 125 Å². The van der Waals surface area contributed by atoms with E-state index in [4.69, 9.17) is 9.52 Å². The second kappa shape index (κ2) is 6.09. The van der Waals surface area contributed by atoms with Crippen molar-refractivity contribution >= 4 is 26.0 Å². The van der Waals surface area contributed by atoms with Gasteiger partial charge >= 0.3 is 0 Å². The predicted octanol–water partition coefficient (Wildman–Crippen LogP) is 2.57. The number of sulfonamides is 1. The first-order chi connectivity index (χ1) is 9.44. The molecule has 0 spiro atoms. The second-order valence-corrected chi connectivity index (χ2v) is 6.82. The molecule has 0 fully saturated rings. The van der Waals surface area contributed by atoms with Crippen LogP contribution in [0.3, 0.4) is 0 Å². The Morgan fingerprint density at radius 3 is 2.75 bits per heavy atom. The van der Waals surface area contributed by atoms with Gasteiger partial charge in [-0.2, -0.15) is 0 Å². The molecule has 0 amide bonds. The molecule has 0 aliphatic heterocycles. The molecule has 2 aromatic rings. The molecule has 0 bridgehead atoms. The van der Waals surface area contributed by atoms with Crippen molar-refractivity contribution in [2.24, 2.45) is 0 Å². The molecule has 2 N–H and O–H groups in total. The topological polar surface area (TPSA) is 79.5 Å². The number of rotatable bonds is 5. The summed E-state index contributed by atoms with van der Waals surface area (Å²) in [5, 5.41) is 9.11. The number of aliphatic hydroxyl groups excluding tert-OH is 1. The molecule has 1 unspecified atom stereocenters. The SMILES string of the molecule is CC(NS(=O)(=O)c1cc(CO)ccc1Br)c1ccco1. The molecule has 0 aliphatic carbocycles. The van der Waals surface area contributed by atoms with Crippen molar-refractivity contribution in [2.45, 2.75) is 24.5 Å². The van der Waals surface area contributed by atoms with Crippen LogP contribution in [0.2, 0.25) is 0 Å². The minimum absolute atomic E-state index is 0.0856. The number of halogens is 1. The zero-order chi connectivity index (χ0) is 14.8. The average Bonchev–Trinajstić information content (AvgIpc) is 2.92. The van der Waals surface area contributed by atoms with Crippen LogP contribution in [0.5, 0.6) is 0 Å². The number of hydrogen-bond acceptors (Lipinski definition) is 4. The standard InChI is InChI=1S/C13H14BrNO4S/c1-9(12-3-2-6-19-12)15-20(17,18)13-7-10(8-16)4-5-11(13)14/h2-7,9,15-16H,8H2,1H3. The Kier molecular flexibility index (Phi) is 4.64. The van der Waals surface area contributed by atoms with Crippen LogP contribution in [-0.2, 0) is 16.6 Å². The van der Waals surface area contributed by atoms with E-state index in [9.17, 15) is 8.42 Å². The summed E-state index contributed by atoms with van der Waals surface area (Å²) < 4.78 is 32.9. The van der Waals surface area contributed by atoms with Gasteiger partial charge in [0.1, 0.15) is 5.76 Å². The third-order valence-electron chi connectivity index (χ3n) is 2.77. The van der Waals surface area contributed by atoms with E-state index in [2.05, 4.69) is 20.7 Å². The van der Waals surface area contributed by atoms with Crippen molar-refractivity contribution in [1.82, 2.24) is 4.72 Å². The van der Waals surface area contributed by atoms with Crippen LogP contribution in [0, 0.1) is 0 Å². The number of furan rings is 1. The van der Waals surface area contributed by atoms with E-state index in [0.717, 1.165) is 0 Å². The van der Waals surface area contributed by atoms with Gasteiger partial charge in [-0.25, -0.2) is 13.1 Å². The molecule has 1 atom stereocenters. The fraction of sp³-hybridized carbons (Fsp3) is 0.231. The zero-order valence-corrected chi connectivity index (χ0v) is 13.1. The van der Waals surface area contributed by atoms with Crippen LogP contribution in [0.1, 0.15) is 24.3 Å². The van der Waals surface area contributed by atoms with E-state index in [1.165, 1.54) is 12.3 Å². The lowest BCUT2D eigenvalue weighted by Gasteiger charge is -2.13. The maximum absolute atomic E-state index is 12.4. The van der Waals surface area contributed by atoms with Gasteiger partial charge in [0.05, 0.1) is 23.8 Å². The number of hydrogen-bond donors (Lipinski definition) is 2. The summed E-state index contributed by atoms with van der Waals surface area (Å²) in [5.74, 6) is 0.531. The summed E-state index contributed by atoms with van der Waals surface area (Å²) in [7, 11) is -3.72. The summed E-state index contributed by atoms with van der Waals surface area (Å²) in [4.78, 5) is 0.0856. The summed E-state index contributed by atoms with van der Waals surface area (Å²) >= 11 is 3.21. The minimum Gasteiger partial charge on any atom is -0.468 e. The molecule has 7 heteroatoms. The molecule has 2 rings (SSSR count). The van der Waals surface area contributed by atoms with Crippen molar-refractivity contribution in [3.8, 4) is 0 Å². The first-order valence-corrected chi connectivity index (χ1v) is 8.16. The third-order valence-corrected chi connectivity index (χ3v) is 5.30. The highest BCUT2D eigenvalue weighted by atomic mass is 79.9. The summed E-state index contributed by atoms with van der Waals surface area (Å²) in [5.41, 5.74) is 0.527. The molecule has 1 aromatic heterocycles. The molecule has 0 radical (unpaired) electrons. The minimum atomic E-state index is -3.72. The lowest BCUT2D eigenvalue weighted by atomic mass is 10.2. The molecule has 0 aliphatic rings. The van der Waals surface area contributed by atoms with Crippen molar-refractivity contribution < 1.29 is 17.9 Å². The van der Waals surface area contributed by atoms with Crippen LogP contribution >= 0.6 is 15.9 Å². The zero-order valence-electron chi connectivity index (χ0n) is 10.7. The predicted molar refractivity (Wildman–Crippen MR) is 77.5 cm³/mol. The highest BCUT2D eigenvalue weighted by molar-refractivity contribution is 9.10. The lowest BCUT2D eigenvalue weighted by Crippen LogP contribution is -2.27. The van der Waals surface area contributed by atoms with Crippen molar-refractivity contribution in [3.05, 3.63) is 52.4 Å². The summed E-state index contributed by atoms with van der Waals surface area (Å²) in [6.07, 6.45) is 1.49. The van der Waals surface area contributed by atoms with E-state index in [-0.39, 0.29) is 11.5 Å². The van der Waals surface area contributed by atoms with Crippen molar-refractivity contribution in [2.75, 3.05) is 0 Å². The first kappa shape index (κ1) is 15.2. The number of nitrogens with one attached hydrogen (secondary N) is 1. The molecule has 0 saturated carbocycles. The monoisotopic (exact) mass is 359 g/mol. The van der Waals surface area contributed by atoms with Gasteiger partial charge in [-0.05, 0) is 52.7 Å². The Hall–Kier alpha value is -1.15. The van der Waals surface area contributed by atoms with Gasteiger partial charge in [-0.3, -0.25) is 0 Å². The second-order valence-electron chi connectivity index (χ2n) is 4.28. The van der Waals surface area contributed by atoms with Crippen LogP contribution < -0.4 is 4.72 Å². The fourth-order valence-corrected chi connectivity index (χ4v) is 3.97. The molecule has 1 heterocycles. The van der Waals surface area contributed by atoms with Gasteiger partial charge < -0.3 is 9.52 Å². The Balaban J connectivity index is 2.31. The van der Waals surface area contributed by atoms with Crippen LogP contribution in [-0.4, -0.2) is 13.5 Å². The summed E-state index contributed by atoms with van der Waals surface area (Å²) in [6, 6.07) is 7.59. The lowest BCUT2D eigenvalue weighted by molar-refractivity contribution is 0.281. The molecule has 20 heavy (non-hydrogen) atoms. The molecule has 5 nitrogen and oxygen atoms in total. The third kappa shape index (κ3) is 3.29. The van der Waals surface area contributed by atoms with E-state index in [0.29, 0.717) is 15.8 Å². The van der Waals surface area contributed by atoms with Crippen molar-refractivity contribution in [3.63, 3.8) is 0 Å². The smallest absolute Gasteiger partial charge is 0.242 e. The van der Waals surface area contributed by atoms with Crippen molar-refractivity contribution in [1.29, 1.82) is 0 Å². The van der Waals surface area contributed by atoms with Gasteiger partial charge in [-0.15, -0.1) is 0 Å². The first-order valence-electron chi connectivity index (χ1n) is 5.89. The molecule has 0 saturated heterocycles. The van der Waals surface area contributed by atoms with Crippen LogP contribution in [0.25, 0.3) is 0 Å². The highest BCUT2D eigenvalue weighted by Gasteiger charge is 2.22. The molecule has 108 valence electrons. The summed E-state index contributed by atoms with van der Waals surface area (Å²) in [6.45, 7) is 1.48. The van der Waals surface area contributed by atoms with Gasteiger partial charge in [-0.1, -0.05) is 6.07 Å². The normalized spacial score (nSPS) is 13.3. The molecule has 1 aromatic carbocycles. The van der Waals surface area contributed by atoms with Gasteiger partial charge in [0.2, 0.25) is 10.0 Å². The van der Waals surface area contributed by atoms with E-state index >= 15 is 0 Å². The van der Waals surface area contributed by atoms with Crippen LogP contribution in [0.15, 0.2) is 50.4 Å². The van der Waals surface area contributed by atoms with Gasteiger partial charge in [0.25, 0.3) is 0 Å². The fourth-order valence-electron chi connectivity index (χ4n) is 1.74. The largest absolute Gasteiger partial charge is 0.468 e. The Morgan fingerprint density at radius 1 is 1.40 bits per heavy atom. The van der Waals surface area contributed by atoms with Gasteiger partial charge in [0.15, 0.2) is 0 Å². The maximum atomic E-state index is 12.4. The van der Waals surface area contributed by atoms with Gasteiger partial charge in [0, 0.05) is 4.47 Å². The van der Waals surface area contributed by atoms with Crippen LogP contribution in [0.4, 0.5) is 0 Å². The molecular formula is C13H14BrNO4S. The van der Waals surface area contributed by atoms with E-state index in [1.807, 2.05) is 0 Å². The Bertz CT molecular complexity index is 682. The van der Waals surface area contributed by atoms with E-state index in [1.54, 1.807) is 31.2 Å². The van der Waals surface area contributed by atoms with E-state index < -0.39 is 16.1 Å². The molecular weight excluding hydrogens is 346 g/mol. The quantitative estimate of drug-likeness (QED) is 0.859. The number of aliphatic hydroxyl groups is 1. The average molecular weight is 360 g/mol. The number of benzene rings is 1. The highest BCUT2D eigenvalue weighted by Crippen LogP contribution is 2.25. The maximum Gasteiger partial charge on any atom is 0.242 e. The Morgan fingerprint density at radius 2 is 2.15 bits per heavy atom.